The maximum atomic E-state index is 12.6. The lowest BCUT2D eigenvalue weighted by molar-refractivity contribution is -0.121. The molecule has 24 heavy (non-hydrogen) atoms. The largest absolute Gasteiger partial charge is 0.478 e. The standard InChI is InChI=1S/C17H13IN2O4/c18-11-4-2-5-12(8-11)19-14-9-15(21)20(16(14)22)13-6-1-3-10(7-13)17(23)24/h1-8,14,19H,9H2,(H,23,24). The van der Waals surface area contributed by atoms with Crippen LogP contribution in [0.1, 0.15) is 16.8 Å². The number of carboxylic acids is 1. The number of anilines is 2. The molecule has 0 aliphatic carbocycles. The third kappa shape index (κ3) is 3.25. The number of imide groups is 1. The monoisotopic (exact) mass is 436 g/mol. The summed E-state index contributed by atoms with van der Waals surface area (Å²) in [6, 6.07) is 12.6. The molecule has 2 aromatic carbocycles. The second kappa shape index (κ2) is 6.60. The Hall–Kier alpha value is -2.42. The number of halogens is 1. The predicted octanol–water partition coefficient (Wildman–Crippen LogP) is 2.73. The first-order chi connectivity index (χ1) is 11.5. The molecule has 1 fully saturated rings. The predicted molar refractivity (Wildman–Crippen MR) is 97.1 cm³/mol. The smallest absolute Gasteiger partial charge is 0.335 e. The molecular weight excluding hydrogens is 423 g/mol. The highest BCUT2D eigenvalue weighted by Gasteiger charge is 2.39. The van der Waals surface area contributed by atoms with Gasteiger partial charge in [-0.05, 0) is 59.0 Å². The molecule has 122 valence electrons. The van der Waals surface area contributed by atoms with E-state index < -0.39 is 12.0 Å². The van der Waals surface area contributed by atoms with Crippen LogP contribution in [-0.2, 0) is 9.59 Å². The number of amides is 2. The molecule has 1 atom stereocenters. The summed E-state index contributed by atoms with van der Waals surface area (Å²) in [6.07, 6.45) is 0.0294. The Kier molecular flexibility index (Phi) is 4.52. The zero-order chi connectivity index (χ0) is 17.3. The molecule has 1 unspecified atom stereocenters. The van der Waals surface area contributed by atoms with Gasteiger partial charge < -0.3 is 10.4 Å². The fourth-order valence-electron chi connectivity index (χ4n) is 2.57. The van der Waals surface area contributed by atoms with E-state index in [-0.39, 0.29) is 29.5 Å². The van der Waals surface area contributed by atoms with Crippen molar-refractivity contribution in [3.63, 3.8) is 0 Å². The van der Waals surface area contributed by atoms with Crippen LogP contribution in [0.25, 0.3) is 0 Å². The molecule has 0 radical (unpaired) electrons. The number of benzene rings is 2. The number of carbonyl (C=O) groups excluding carboxylic acids is 2. The van der Waals surface area contributed by atoms with E-state index >= 15 is 0 Å². The Morgan fingerprint density at radius 2 is 1.92 bits per heavy atom. The maximum absolute atomic E-state index is 12.6. The van der Waals surface area contributed by atoms with E-state index in [1.807, 2.05) is 24.3 Å². The van der Waals surface area contributed by atoms with Crippen LogP contribution in [0, 0.1) is 3.57 Å². The van der Waals surface area contributed by atoms with E-state index in [4.69, 9.17) is 5.11 Å². The van der Waals surface area contributed by atoms with Gasteiger partial charge in [-0.2, -0.15) is 0 Å². The third-order valence-corrected chi connectivity index (χ3v) is 4.33. The zero-order valence-corrected chi connectivity index (χ0v) is 14.6. The number of carbonyl (C=O) groups is 3. The zero-order valence-electron chi connectivity index (χ0n) is 12.4. The van der Waals surface area contributed by atoms with Gasteiger partial charge in [0.05, 0.1) is 17.7 Å². The first kappa shape index (κ1) is 16.4. The van der Waals surface area contributed by atoms with Gasteiger partial charge in [-0.3, -0.25) is 9.59 Å². The molecule has 1 aliphatic heterocycles. The van der Waals surface area contributed by atoms with Crippen molar-refractivity contribution in [2.75, 3.05) is 10.2 Å². The van der Waals surface area contributed by atoms with Gasteiger partial charge in [0.15, 0.2) is 0 Å². The first-order valence-corrected chi connectivity index (χ1v) is 8.26. The van der Waals surface area contributed by atoms with Crippen molar-refractivity contribution < 1.29 is 19.5 Å². The van der Waals surface area contributed by atoms with Crippen LogP contribution in [0.5, 0.6) is 0 Å². The molecule has 0 bridgehead atoms. The van der Waals surface area contributed by atoms with Crippen molar-refractivity contribution in [2.24, 2.45) is 0 Å². The van der Waals surface area contributed by atoms with E-state index in [9.17, 15) is 14.4 Å². The van der Waals surface area contributed by atoms with Crippen molar-refractivity contribution in [3.8, 4) is 0 Å². The fraction of sp³-hybridized carbons (Fsp3) is 0.118. The Labute approximate surface area is 151 Å². The van der Waals surface area contributed by atoms with Gasteiger partial charge in [0.1, 0.15) is 6.04 Å². The minimum Gasteiger partial charge on any atom is -0.478 e. The van der Waals surface area contributed by atoms with Gasteiger partial charge in [0, 0.05) is 9.26 Å². The Morgan fingerprint density at radius 1 is 1.17 bits per heavy atom. The molecular formula is C17H13IN2O4. The van der Waals surface area contributed by atoms with Crippen molar-refractivity contribution in [1.29, 1.82) is 0 Å². The van der Waals surface area contributed by atoms with Gasteiger partial charge in [-0.1, -0.05) is 12.1 Å². The van der Waals surface area contributed by atoms with Crippen LogP contribution in [0.4, 0.5) is 11.4 Å². The molecule has 1 heterocycles. The van der Waals surface area contributed by atoms with Gasteiger partial charge in [-0.15, -0.1) is 0 Å². The van der Waals surface area contributed by atoms with Gasteiger partial charge in [0.2, 0.25) is 5.91 Å². The topological polar surface area (TPSA) is 86.7 Å². The average Bonchev–Trinajstić information content (AvgIpc) is 2.81. The summed E-state index contributed by atoms with van der Waals surface area (Å²) in [4.78, 5) is 36.9. The highest BCUT2D eigenvalue weighted by molar-refractivity contribution is 14.1. The average molecular weight is 436 g/mol. The van der Waals surface area contributed by atoms with Crippen LogP contribution >= 0.6 is 22.6 Å². The fourth-order valence-corrected chi connectivity index (χ4v) is 3.12. The molecule has 2 aromatic rings. The van der Waals surface area contributed by atoms with Gasteiger partial charge in [0.25, 0.3) is 5.91 Å². The number of nitrogens with one attached hydrogen (secondary N) is 1. The van der Waals surface area contributed by atoms with E-state index in [1.165, 1.54) is 18.2 Å². The second-order valence-electron chi connectivity index (χ2n) is 5.33. The quantitative estimate of drug-likeness (QED) is 0.569. The van der Waals surface area contributed by atoms with Crippen molar-refractivity contribution in [3.05, 3.63) is 57.7 Å². The van der Waals surface area contributed by atoms with Crippen LogP contribution in [0.15, 0.2) is 48.5 Å². The highest BCUT2D eigenvalue weighted by Crippen LogP contribution is 2.26. The molecule has 2 amide bonds. The van der Waals surface area contributed by atoms with Crippen molar-refractivity contribution in [2.45, 2.75) is 12.5 Å². The summed E-state index contributed by atoms with van der Waals surface area (Å²) in [5.74, 6) is -1.85. The number of nitrogens with zero attached hydrogens (tertiary/aromatic N) is 1. The molecule has 1 aliphatic rings. The van der Waals surface area contributed by atoms with E-state index in [2.05, 4.69) is 27.9 Å². The van der Waals surface area contributed by atoms with Crippen molar-refractivity contribution >= 4 is 51.7 Å². The van der Waals surface area contributed by atoms with Gasteiger partial charge in [-0.25, -0.2) is 9.69 Å². The van der Waals surface area contributed by atoms with E-state index in [1.54, 1.807) is 6.07 Å². The number of hydrogen-bond donors (Lipinski definition) is 2. The summed E-state index contributed by atoms with van der Waals surface area (Å²) in [6.45, 7) is 0. The molecule has 0 saturated carbocycles. The maximum Gasteiger partial charge on any atom is 0.335 e. The number of carboxylic acid groups (broad SMARTS) is 1. The van der Waals surface area contributed by atoms with E-state index in [0.29, 0.717) is 0 Å². The Balaban J connectivity index is 1.84. The lowest BCUT2D eigenvalue weighted by Crippen LogP contribution is -2.34. The van der Waals surface area contributed by atoms with Crippen LogP contribution < -0.4 is 10.2 Å². The lowest BCUT2D eigenvalue weighted by atomic mass is 10.2. The summed E-state index contributed by atoms with van der Waals surface area (Å²) in [5, 5.41) is 12.1. The third-order valence-electron chi connectivity index (χ3n) is 3.66. The highest BCUT2D eigenvalue weighted by atomic mass is 127. The molecule has 3 rings (SSSR count). The lowest BCUT2D eigenvalue weighted by Gasteiger charge is -2.16. The van der Waals surface area contributed by atoms with E-state index in [0.717, 1.165) is 14.2 Å². The molecule has 2 N–H and O–H groups in total. The van der Waals surface area contributed by atoms with Crippen molar-refractivity contribution in [1.82, 2.24) is 0 Å². The van der Waals surface area contributed by atoms with Crippen LogP contribution in [0.2, 0.25) is 0 Å². The number of aromatic carboxylic acids is 1. The molecule has 6 nitrogen and oxygen atoms in total. The SMILES string of the molecule is O=C(O)c1cccc(N2C(=O)CC(Nc3cccc(I)c3)C2=O)c1. The summed E-state index contributed by atoms with van der Waals surface area (Å²) in [7, 11) is 0. The second-order valence-corrected chi connectivity index (χ2v) is 6.58. The van der Waals surface area contributed by atoms with Crippen LogP contribution in [0.3, 0.4) is 0 Å². The van der Waals surface area contributed by atoms with Gasteiger partial charge >= 0.3 is 5.97 Å². The number of hydrogen-bond acceptors (Lipinski definition) is 4. The minimum atomic E-state index is -1.11. The molecule has 1 saturated heterocycles. The molecule has 0 spiro atoms. The first-order valence-electron chi connectivity index (χ1n) is 7.18. The Morgan fingerprint density at radius 3 is 2.62 bits per heavy atom. The summed E-state index contributed by atoms with van der Waals surface area (Å²) >= 11 is 2.17. The molecule has 0 aromatic heterocycles. The minimum absolute atomic E-state index is 0.0294. The molecule has 7 heteroatoms. The normalized spacial score (nSPS) is 17.2. The summed E-state index contributed by atoms with van der Waals surface area (Å²) in [5.41, 5.74) is 1.06. The number of rotatable bonds is 4. The Bertz CT molecular complexity index is 837. The summed E-state index contributed by atoms with van der Waals surface area (Å²) < 4.78 is 1.01. The van der Waals surface area contributed by atoms with Crippen LogP contribution in [-0.4, -0.2) is 28.9 Å².